The zero-order chi connectivity index (χ0) is 15.1. The number of sulfonamides is 1. The van der Waals surface area contributed by atoms with Gasteiger partial charge in [0.15, 0.2) is 0 Å². The molecule has 0 spiro atoms. The summed E-state index contributed by atoms with van der Waals surface area (Å²) in [5, 5.41) is 1.24. The molecule has 1 atom stereocenters. The van der Waals surface area contributed by atoms with E-state index in [1.54, 1.807) is 6.08 Å². The van der Waals surface area contributed by atoms with Crippen molar-refractivity contribution >= 4 is 16.1 Å². The van der Waals surface area contributed by atoms with Crippen molar-refractivity contribution in [3.05, 3.63) is 41.3 Å². The fourth-order valence-electron chi connectivity index (χ4n) is 2.51. The Morgan fingerprint density at radius 2 is 1.90 bits per heavy atom. The van der Waals surface area contributed by atoms with Crippen LogP contribution in [0.3, 0.4) is 0 Å². The molecule has 0 aliphatic carbocycles. The van der Waals surface area contributed by atoms with Crippen LogP contribution in [0.15, 0.2) is 35.7 Å². The van der Waals surface area contributed by atoms with Crippen LogP contribution in [-0.2, 0) is 10.0 Å². The van der Waals surface area contributed by atoms with Gasteiger partial charge >= 0.3 is 0 Å². The van der Waals surface area contributed by atoms with Crippen molar-refractivity contribution in [1.82, 2.24) is 9.62 Å². The average molecular weight is 308 g/mol. The summed E-state index contributed by atoms with van der Waals surface area (Å²) in [6.07, 6.45) is 4.14. The summed E-state index contributed by atoms with van der Waals surface area (Å²) in [6, 6.07) is 9.43. The van der Waals surface area contributed by atoms with Crippen molar-refractivity contribution in [2.75, 3.05) is 26.2 Å². The molecule has 5 heteroatoms. The van der Waals surface area contributed by atoms with E-state index in [0.717, 1.165) is 25.2 Å². The molecule has 1 fully saturated rings. The molecule has 1 N–H and O–H groups in total. The molecular formula is C16H24N2O2S. The fourth-order valence-corrected chi connectivity index (χ4v) is 3.46. The Hall–Kier alpha value is -1.17. The third kappa shape index (κ3) is 5.99. The minimum atomic E-state index is -3.36. The lowest BCUT2D eigenvalue weighted by atomic mass is 10.2. The molecule has 2 rings (SSSR count). The highest BCUT2D eigenvalue weighted by molar-refractivity contribution is 7.92. The molecule has 1 aliphatic heterocycles. The summed E-state index contributed by atoms with van der Waals surface area (Å²) in [5.74, 6) is 0.322. The average Bonchev–Trinajstić information content (AvgIpc) is 2.97. The van der Waals surface area contributed by atoms with Gasteiger partial charge < -0.3 is 4.90 Å². The standard InChI is InChI=1S/C16H24N2O2S/c1-15(14-18-10-5-6-11-18)13-17-21(19,20)12-9-16-7-3-2-4-8-16/h2-4,7-9,12,15,17H,5-6,10-11,13-14H2,1H3/b12-9+. The third-order valence-electron chi connectivity index (χ3n) is 3.64. The minimum absolute atomic E-state index is 0.322. The number of rotatable bonds is 7. The summed E-state index contributed by atoms with van der Waals surface area (Å²) in [4.78, 5) is 2.40. The molecule has 1 unspecified atom stereocenters. The Morgan fingerprint density at radius 1 is 1.24 bits per heavy atom. The number of hydrogen-bond donors (Lipinski definition) is 1. The molecular weight excluding hydrogens is 284 g/mol. The second kappa shape index (κ2) is 7.73. The van der Waals surface area contributed by atoms with Crippen LogP contribution in [0.1, 0.15) is 25.3 Å². The highest BCUT2D eigenvalue weighted by atomic mass is 32.2. The third-order valence-corrected chi connectivity index (χ3v) is 4.70. The molecule has 1 aromatic rings. The van der Waals surface area contributed by atoms with Gasteiger partial charge in [-0.1, -0.05) is 37.3 Å². The Morgan fingerprint density at radius 3 is 2.57 bits per heavy atom. The van der Waals surface area contributed by atoms with Gasteiger partial charge in [0.2, 0.25) is 10.0 Å². The van der Waals surface area contributed by atoms with Gasteiger partial charge in [-0.25, -0.2) is 13.1 Å². The van der Waals surface area contributed by atoms with Gasteiger partial charge in [0.25, 0.3) is 0 Å². The molecule has 21 heavy (non-hydrogen) atoms. The lowest BCUT2D eigenvalue weighted by Gasteiger charge is -2.20. The molecule has 1 saturated heterocycles. The van der Waals surface area contributed by atoms with E-state index in [4.69, 9.17) is 0 Å². The second-order valence-corrected chi connectivity index (χ2v) is 7.37. The van der Waals surface area contributed by atoms with E-state index in [-0.39, 0.29) is 0 Å². The first-order valence-electron chi connectivity index (χ1n) is 7.50. The largest absolute Gasteiger partial charge is 0.303 e. The zero-order valence-corrected chi connectivity index (χ0v) is 13.3. The van der Waals surface area contributed by atoms with Crippen molar-refractivity contribution in [3.63, 3.8) is 0 Å². The van der Waals surface area contributed by atoms with Gasteiger partial charge in [0, 0.05) is 18.5 Å². The first kappa shape index (κ1) is 16.2. The van der Waals surface area contributed by atoms with Gasteiger partial charge in [-0.15, -0.1) is 0 Å². The topological polar surface area (TPSA) is 49.4 Å². The van der Waals surface area contributed by atoms with E-state index in [2.05, 4.69) is 16.5 Å². The Kier molecular flexibility index (Phi) is 5.96. The van der Waals surface area contributed by atoms with Crippen molar-refractivity contribution in [2.24, 2.45) is 5.92 Å². The van der Waals surface area contributed by atoms with Crippen LogP contribution in [0, 0.1) is 5.92 Å². The van der Waals surface area contributed by atoms with E-state index in [9.17, 15) is 8.42 Å². The molecule has 0 radical (unpaired) electrons. The molecule has 0 saturated carbocycles. The molecule has 116 valence electrons. The van der Waals surface area contributed by atoms with E-state index in [1.165, 1.54) is 18.2 Å². The minimum Gasteiger partial charge on any atom is -0.303 e. The number of nitrogens with zero attached hydrogens (tertiary/aromatic N) is 1. The molecule has 0 amide bonds. The van der Waals surface area contributed by atoms with Crippen LogP contribution in [-0.4, -0.2) is 39.5 Å². The van der Waals surface area contributed by atoms with Gasteiger partial charge in [0.05, 0.1) is 0 Å². The van der Waals surface area contributed by atoms with Crippen molar-refractivity contribution in [3.8, 4) is 0 Å². The lowest BCUT2D eigenvalue weighted by Crippen LogP contribution is -2.33. The molecule has 0 bridgehead atoms. The highest BCUT2D eigenvalue weighted by Crippen LogP contribution is 2.10. The quantitative estimate of drug-likeness (QED) is 0.841. The van der Waals surface area contributed by atoms with Gasteiger partial charge in [-0.3, -0.25) is 0 Å². The Bertz CT molecular complexity index is 549. The molecule has 1 aliphatic rings. The van der Waals surface area contributed by atoms with Crippen molar-refractivity contribution < 1.29 is 8.42 Å². The predicted molar refractivity (Wildman–Crippen MR) is 87.2 cm³/mol. The molecule has 1 heterocycles. The van der Waals surface area contributed by atoms with Crippen LogP contribution in [0.5, 0.6) is 0 Å². The maximum absolute atomic E-state index is 11.9. The molecule has 0 aromatic heterocycles. The Labute approximate surface area is 127 Å². The van der Waals surface area contributed by atoms with E-state index in [0.29, 0.717) is 12.5 Å². The maximum Gasteiger partial charge on any atom is 0.233 e. The number of hydrogen-bond acceptors (Lipinski definition) is 3. The van der Waals surface area contributed by atoms with Crippen LogP contribution >= 0.6 is 0 Å². The van der Waals surface area contributed by atoms with Crippen LogP contribution < -0.4 is 4.72 Å². The Balaban J connectivity index is 1.79. The van der Waals surface area contributed by atoms with Crippen LogP contribution in [0.25, 0.3) is 6.08 Å². The summed E-state index contributed by atoms with van der Waals surface area (Å²) in [5.41, 5.74) is 0.882. The first-order chi connectivity index (χ1) is 10.1. The van der Waals surface area contributed by atoms with Crippen LogP contribution in [0.4, 0.5) is 0 Å². The van der Waals surface area contributed by atoms with Gasteiger partial charge in [0.1, 0.15) is 0 Å². The normalized spacial score (nSPS) is 18.3. The number of benzene rings is 1. The van der Waals surface area contributed by atoms with E-state index in [1.807, 2.05) is 30.3 Å². The first-order valence-corrected chi connectivity index (χ1v) is 9.05. The summed E-state index contributed by atoms with van der Waals surface area (Å²) >= 11 is 0. The fraction of sp³-hybridized carbons (Fsp3) is 0.500. The molecule has 1 aromatic carbocycles. The summed E-state index contributed by atoms with van der Waals surface area (Å²) in [6.45, 7) is 5.82. The lowest BCUT2D eigenvalue weighted by molar-refractivity contribution is 0.288. The molecule has 4 nitrogen and oxygen atoms in total. The summed E-state index contributed by atoms with van der Waals surface area (Å²) in [7, 11) is -3.36. The zero-order valence-electron chi connectivity index (χ0n) is 12.5. The predicted octanol–water partition coefficient (Wildman–Crippen LogP) is 2.31. The SMILES string of the molecule is CC(CNS(=O)(=O)/C=C/c1ccccc1)CN1CCCC1. The highest BCUT2D eigenvalue weighted by Gasteiger charge is 2.15. The van der Waals surface area contributed by atoms with E-state index < -0.39 is 10.0 Å². The number of nitrogens with one attached hydrogen (secondary N) is 1. The second-order valence-electron chi connectivity index (χ2n) is 5.72. The maximum atomic E-state index is 11.9. The monoisotopic (exact) mass is 308 g/mol. The van der Waals surface area contributed by atoms with Gasteiger partial charge in [-0.2, -0.15) is 0 Å². The number of likely N-dealkylation sites (tertiary alicyclic amines) is 1. The van der Waals surface area contributed by atoms with Crippen molar-refractivity contribution in [1.29, 1.82) is 0 Å². The van der Waals surface area contributed by atoms with Crippen molar-refractivity contribution in [2.45, 2.75) is 19.8 Å². The van der Waals surface area contributed by atoms with E-state index >= 15 is 0 Å². The summed E-state index contributed by atoms with van der Waals surface area (Å²) < 4.78 is 26.5. The smallest absolute Gasteiger partial charge is 0.233 e. The van der Waals surface area contributed by atoms with Crippen LogP contribution in [0.2, 0.25) is 0 Å². The van der Waals surface area contributed by atoms with Gasteiger partial charge in [-0.05, 0) is 43.5 Å².